The Kier molecular flexibility index (Phi) is 9.96. The maximum absolute atomic E-state index is 12.4. The highest BCUT2D eigenvalue weighted by Crippen LogP contribution is 2.29. The van der Waals surface area contributed by atoms with E-state index >= 15 is 0 Å². The van der Waals surface area contributed by atoms with Crippen LogP contribution in [0.4, 0.5) is 4.79 Å². The summed E-state index contributed by atoms with van der Waals surface area (Å²) in [4.78, 5) is 25.6. The number of ether oxygens (including phenoxy) is 2. The van der Waals surface area contributed by atoms with Crippen molar-refractivity contribution in [2.24, 2.45) is 0 Å². The number of carbonyl (C=O) groups excluding carboxylic acids is 2. The molecule has 30 heavy (non-hydrogen) atoms. The number of rotatable bonds is 14. The van der Waals surface area contributed by atoms with Crippen LogP contribution in [0.3, 0.4) is 0 Å². The quantitative estimate of drug-likeness (QED) is 0.297. The number of nitrogens with zero attached hydrogens (tertiary/aromatic N) is 1. The summed E-state index contributed by atoms with van der Waals surface area (Å²) in [6.45, 7) is 6.13. The summed E-state index contributed by atoms with van der Waals surface area (Å²) in [7, 11) is 0. The lowest BCUT2D eigenvalue weighted by Gasteiger charge is -2.17. The van der Waals surface area contributed by atoms with Crippen molar-refractivity contribution in [1.82, 2.24) is 4.90 Å². The molecule has 2 rings (SSSR count). The number of unbranched alkanes of at least 4 members (excludes halogenated alkanes) is 9. The monoisotopic (exact) mass is 437 g/mol. The van der Waals surface area contributed by atoms with Gasteiger partial charge in [-0.05, 0) is 38.5 Å². The van der Waals surface area contributed by atoms with Gasteiger partial charge in [0.05, 0.1) is 13.2 Å². The third kappa shape index (κ3) is 7.50. The van der Waals surface area contributed by atoms with Crippen molar-refractivity contribution in [3.63, 3.8) is 0 Å². The number of hydrogen-bond donors (Lipinski definition) is 0. The minimum Gasteiger partial charge on any atom is -0.493 e. The van der Waals surface area contributed by atoms with Gasteiger partial charge >= 0.3 is 6.09 Å². The molecule has 0 aliphatic carbocycles. The van der Waals surface area contributed by atoms with Crippen molar-refractivity contribution < 1.29 is 19.1 Å². The van der Waals surface area contributed by atoms with Gasteiger partial charge < -0.3 is 9.47 Å². The Morgan fingerprint density at radius 1 is 0.967 bits per heavy atom. The molecule has 6 heteroatoms. The van der Waals surface area contributed by atoms with Gasteiger partial charge in [-0.15, -0.1) is 0 Å². The van der Waals surface area contributed by atoms with Crippen molar-refractivity contribution in [3.8, 4) is 5.75 Å². The smallest absolute Gasteiger partial charge is 0.418 e. The van der Waals surface area contributed by atoms with Crippen LogP contribution in [0.2, 0.25) is 5.02 Å². The second kappa shape index (κ2) is 12.2. The molecule has 0 bridgehead atoms. The molecule has 1 heterocycles. The van der Waals surface area contributed by atoms with Crippen molar-refractivity contribution >= 4 is 23.6 Å². The van der Waals surface area contributed by atoms with Gasteiger partial charge in [0.1, 0.15) is 5.75 Å². The highest BCUT2D eigenvalue weighted by Gasteiger charge is 2.47. The zero-order chi connectivity index (χ0) is 22.0. The van der Waals surface area contributed by atoms with Gasteiger partial charge in [-0.25, -0.2) is 9.69 Å². The molecule has 2 amide bonds. The average molecular weight is 438 g/mol. The fourth-order valence-corrected chi connectivity index (χ4v) is 3.81. The molecular formula is C24H36ClNO4. The molecule has 168 valence electrons. The fourth-order valence-electron chi connectivity index (χ4n) is 3.62. The van der Waals surface area contributed by atoms with Crippen molar-refractivity contribution in [2.45, 2.75) is 97.1 Å². The molecule has 5 nitrogen and oxygen atoms in total. The van der Waals surface area contributed by atoms with Crippen LogP contribution in [-0.2, 0) is 16.1 Å². The van der Waals surface area contributed by atoms with E-state index in [2.05, 4.69) is 6.92 Å². The van der Waals surface area contributed by atoms with Gasteiger partial charge in [-0.2, -0.15) is 0 Å². The Balaban J connectivity index is 1.74. The predicted octanol–water partition coefficient (Wildman–Crippen LogP) is 6.90. The minimum atomic E-state index is -1.13. The van der Waals surface area contributed by atoms with E-state index in [0.717, 1.165) is 17.7 Å². The Labute approximate surface area is 186 Å². The van der Waals surface area contributed by atoms with Crippen molar-refractivity contribution in [2.75, 3.05) is 6.61 Å². The molecule has 1 aromatic carbocycles. The summed E-state index contributed by atoms with van der Waals surface area (Å²) in [5, 5.41) is 0.538. The molecule has 0 spiro atoms. The van der Waals surface area contributed by atoms with E-state index in [0.29, 0.717) is 22.9 Å². The first kappa shape index (κ1) is 24.5. The van der Waals surface area contributed by atoms with Crippen molar-refractivity contribution in [1.29, 1.82) is 0 Å². The van der Waals surface area contributed by atoms with Gasteiger partial charge in [0.15, 0.2) is 5.60 Å². The molecule has 0 saturated carbocycles. The second-order valence-corrected chi connectivity index (χ2v) is 8.99. The van der Waals surface area contributed by atoms with Crippen molar-refractivity contribution in [3.05, 3.63) is 28.8 Å². The lowest BCUT2D eigenvalue weighted by Crippen LogP contribution is -2.35. The standard InChI is InChI=1S/C24H36ClNO4/c1-4-5-6-7-8-9-10-11-12-13-16-29-21-15-14-20(25)17-19(21)18-26-22(27)24(2,3)30-23(26)28/h14-15,17H,4-13,16,18H2,1-3H3. The molecule has 0 unspecified atom stereocenters. The summed E-state index contributed by atoms with van der Waals surface area (Å²) in [5.74, 6) is 0.300. The van der Waals surface area contributed by atoms with Gasteiger partial charge in [-0.1, -0.05) is 76.3 Å². The maximum atomic E-state index is 12.4. The van der Waals surface area contributed by atoms with Gasteiger partial charge in [0.25, 0.3) is 5.91 Å². The van der Waals surface area contributed by atoms with Crippen LogP contribution in [0, 0.1) is 0 Å². The molecule has 1 aromatic rings. The number of hydrogen-bond acceptors (Lipinski definition) is 4. The predicted molar refractivity (Wildman–Crippen MR) is 120 cm³/mol. The van der Waals surface area contributed by atoms with Crippen LogP contribution in [0.5, 0.6) is 5.75 Å². The lowest BCUT2D eigenvalue weighted by molar-refractivity contribution is -0.134. The maximum Gasteiger partial charge on any atom is 0.418 e. The van der Waals surface area contributed by atoms with Crippen LogP contribution in [-0.4, -0.2) is 29.1 Å². The van der Waals surface area contributed by atoms with Gasteiger partial charge in [-0.3, -0.25) is 4.79 Å². The van der Waals surface area contributed by atoms with E-state index < -0.39 is 11.7 Å². The first-order valence-corrected chi connectivity index (χ1v) is 11.7. The normalized spacial score (nSPS) is 15.5. The first-order chi connectivity index (χ1) is 14.3. The van der Waals surface area contributed by atoms with E-state index in [1.165, 1.54) is 51.4 Å². The highest BCUT2D eigenvalue weighted by atomic mass is 35.5. The highest BCUT2D eigenvalue weighted by molar-refractivity contribution is 6.30. The van der Waals surface area contributed by atoms with E-state index in [-0.39, 0.29) is 12.5 Å². The summed E-state index contributed by atoms with van der Waals surface area (Å²) >= 11 is 6.13. The number of cyclic esters (lactones) is 1. The number of carbonyl (C=O) groups is 2. The summed E-state index contributed by atoms with van der Waals surface area (Å²) in [6, 6.07) is 5.29. The third-order valence-electron chi connectivity index (χ3n) is 5.43. The van der Waals surface area contributed by atoms with Gasteiger partial charge in [0, 0.05) is 10.6 Å². The zero-order valence-electron chi connectivity index (χ0n) is 18.7. The Bertz CT molecular complexity index is 704. The molecule has 1 fully saturated rings. The molecular weight excluding hydrogens is 402 g/mol. The SMILES string of the molecule is CCCCCCCCCCCCOc1ccc(Cl)cc1CN1C(=O)OC(C)(C)C1=O. The summed E-state index contributed by atoms with van der Waals surface area (Å²) in [5.41, 5.74) is -0.426. The number of imide groups is 1. The van der Waals surface area contributed by atoms with Crippen LogP contribution >= 0.6 is 11.6 Å². The topological polar surface area (TPSA) is 55.8 Å². The largest absolute Gasteiger partial charge is 0.493 e. The summed E-state index contributed by atoms with van der Waals surface area (Å²) < 4.78 is 11.1. The third-order valence-corrected chi connectivity index (χ3v) is 5.66. The van der Waals surface area contributed by atoms with E-state index in [9.17, 15) is 9.59 Å². The van der Waals surface area contributed by atoms with Gasteiger partial charge in [0.2, 0.25) is 0 Å². The van der Waals surface area contributed by atoms with E-state index in [1.807, 2.05) is 0 Å². The minimum absolute atomic E-state index is 0.0923. The Morgan fingerprint density at radius 2 is 1.57 bits per heavy atom. The lowest BCUT2D eigenvalue weighted by atomic mass is 10.1. The zero-order valence-corrected chi connectivity index (χ0v) is 19.4. The molecule has 0 N–H and O–H groups in total. The number of benzene rings is 1. The molecule has 1 aliphatic heterocycles. The first-order valence-electron chi connectivity index (χ1n) is 11.3. The number of amides is 2. The van der Waals surface area contributed by atoms with E-state index in [1.54, 1.807) is 32.0 Å². The Hall–Kier alpha value is -1.75. The summed E-state index contributed by atoms with van der Waals surface area (Å²) in [6.07, 6.45) is 12.1. The van der Waals surface area contributed by atoms with Crippen LogP contribution in [0.15, 0.2) is 18.2 Å². The fraction of sp³-hybridized carbons (Fsp3) is 0.667. The van der Waals surface area contributed by atoms with E-state index in [4.69, 9.17) is 21.1 Å². The molecule has 0 radical (unpaired) electrons. The Morgan fingerprint density at radius 3 is 2.13 bits per heavy atom. The molecule has 0 aromatic heterocycles. The molecule has 1 saturated heterocycles. The number of halogens is 1. The molecule has 1 aliphatic rings. The van der Waals surface area contributed by atoms with Crippen LogP contribution in [0.1, 0.15) is 90.5 Å². The average Bonchev–Trinajstić information content (AvgIpc) is 2.89. The van der Waals surface area contributed by atoms with Crippen LogP contribution in [0.25, 0.3) is 0 Å². The van der Waals surface area contributed by atoms with Crippen LogP contribution < -0.4 is 4.74 Å². The molecule has 0 atom stereocenters. The second-order valence-electron chi connectivity index (χ2n) is 8.55.